The van der Waals surface area contributed by atoms with Crippen molar-refractivity contribution >= 4 is 5.97 Å². The Hall–Kier alpha value is -1.71. The lowest BCUT2D eigenvalue weighted by Crippen LogP contribution is -2.13. The minimum absolute atomic E-state index is 0.289. The van der Waals surface area contributed by atoms with Crippen LogP contribution >= 0.6 is 0 Å². The molecule has 0 radical (unpaired) electrons. The zero-order valence-electron chi connectivity index (χ0n) is 28.4. The largest absolute Gasteiger partial charge is 0.513 e. The maximum atomic E-state index is 10.6. The van der Waals surface area contributed by atoms with E-state index in [4.69, 9.17) is 28.8 Å². The average molecular weight is 639 g/mol. The second-order valence-corrected chi connectivity index (χ2v) is 12.2. The molecular formula is C37H66O8. The molecule has 0 saturated heterocycles. The number of allylic oxidation sites excluding steroid dienone is 3. The van der Waals surface area contributed by atoms with Gasteiger partial charge in [0.1, 0.15) is 0 Å². The lowest BCUT2D eigenvalue weighted by atomic mass is 9.95. The predicted octanol–water partition coefficient (Wildman–Crippen LogP) is 8.75. The van der Waals surface area contributed by atoms with Crippen molar-refractivity contribution in [2.24, 2.45) is 5.92 Å². The van der Waals surface area contributed by atoms with Crippen LogP contribution in [-0.2, 0) is 28.5 Å². The quantitative estimate of drug-likeness (QED) is 0.0525. The van der Waals surface area contributed by atoms with E-state index in [1.165, 1.54) is 50.5 Å². The molecule has 0 heterocycles. The van der Waals surface area contributed by atoms with Gasteiger partial charge in [-0.3, -0.25) is 4.79 Å². The van der Waals surface area contributed by atoms with Crippen molar-refractivity contribution in [2.45, 2.75) is 122 Å². The molecule has 1 aliphatic carbocycles. The Labute approximate surface area is 274 Å². The van der Waals surface area contributed by atoms with E-state index in [-0.39, 0.29) is 6.42 Å². The lowest BCUT2D eigenvalue weighted by Gasteiger charge is -2.17. The molecule has 0 aromatic rings. The maximum Gasteiger partial charge on any atom is 0.303 e. The van der Waals surface area contributed by atoms with Crippen molar-refractivity contribution in [3.05, 3.63) is 36.1 Å². The van der Waals surface area contributed by atoms with Gasteiger partial charge < -0.3 is 33.9 Å². The topological polar surface area (TPSA) is 104 Å². The fraction of sp³-hybridized carbons (Fsp3) is 0.811. The van der Waals surface area contributed by atoms with E-state index in [1.807, 2.05) is 0 Å². The molecular weight excluding hydrogens is 572 g/mol. The second-order valence-electron chi connectivity index (χ2n) is 12.2. The maximum absolute atomic E-state index is 10.6. The standard InChI is InChI=1S/C37H66O8/c1-34(38)18-10-5-4-8-16-25-44-32-36(19-11-6-2-3-7-14-23-37(39)40)22-15-17-24-41-26-27-42-28-29-43-30-31-45-33-35-20-12-9-13-21-35/h12,20-21,36,38H,1-11,13-19,22-33H2,(H,39,40). The first-order chi connectivity index (χ1) is 22.1. The van der Waals surface area contributed by atoms with Crippen LogP contribution in [0.1, 0.15) is 122 Å². The van der Waals surface area contributed by atoms with Gasteiger partial charge in [-0.25, -0.2) is 0 Å². The first-order valence-corrected chi connectivity index (χ1v) is 17.9. The Bertz CT molecular complexity index is 751. The molecule has 1 rings (SSSR count). The smallest absolute Gasteiger partial charge is 0.303 e. The molecule has 8 nitrogen and oxygen atoms in total. The van der Waals surface area contributed by atoms with Crippen LogP contribution in [0.3, 0.4) is 0 Å². The van der Waals surface area contributed by atoms with Gasteiger partial charge in [0, 0.05) is 32.7 Å². The van der Waals surface area contributed by atoms with E-state index < -0.39 is 5.97 Å². The Balaban J connectivity index is 2.02. The van der Waals surface area contributed by atoms with Gasteiger partial charge in [-0.2, -0.15) is 0 Å². The molecule has 0 spiro atoms. The highest BCUT2D eigenvalue weighted by atomic mass is 16.6. The highest BCUT2D eigenvalue weighted by Crippen LogP contribution is 2.19. The summed E-state index contributed by atoms with van der Waals surface area (Å²) in [5.41, 5.74) is 1.25. The minimum Gasteiger partial charge on any atom is -0.513 e. The van der Waals surface area contributed by atoms with Gasteiger partial charge in [0.25, 0.3) is 0 Å². The molecule has 0 aliphatic heterocycles. The van der Waals surface area contributed by atoms with Crippen LogP contribution in [0.25, 0.3) is 0 Å². The summed E-state index contributed by atoms with van der Waals surface area (Å²) in [5.74, 6) is 0.185. The molecule has 8 heteroatoms. The third kappa shape index (κ3) is 30.7. The first kappa shape index (κ1) is 41.3. The van der Waals surface area contributed by atoms with Crippen LogP contribution in [0.15, 0.2) is 36.1 Å². The molecule has 2 N–H and O–H groups in total. The Morgan fingerprint density at radius 3 is 1.76 bits per heavy atom. The number of carboxylic acids is 1. The Morgan fingerprint density at radius 1 is 0.622 bits per heavy atom. The zero-order valence-corrected chi connectivity index (χ0v) is 28.4. The van der Waals surface area contributed by atoms with Crippen molar-refractivity contribution < 1.29 is 38.7 Å². The van der Waals surface area contributed by atoms with Crippen LogP contribution < -0.4 is 0 Å². The molecule has 262 valence electrons. The van der Waals surface area contributed by atoms with Crippen LogP contribution in [0.4, 0.5) is 0 Å². The van der Waals surface area contributed by atoms with Crippen molar-refractivity contribution in [1.82, 2.24) is 0 Å². The summed E-state index contributed by atoms with van der Waals surface area (Å²) in [5, 5.41) is 17.9. The van der Waals surface area contributed by atoms with Gasteiger partial charge >= 0.3 is 5.97 Å². The van der Waals surface area contributed by atoms with Gasteiger partial charge in [-0.1, -0.05) is 82.6 Å². The van der Waals surface area contributed by atoms with Crippen molar-refractivity contribution in [2.75, 3.05) is 66.1 Å². The molecule has 45 heavy (non-hydrogen) atoms. The monoisotopic (exact) mass is 638 g/mol. The van der Waals surface area contributed by atoms with E-state index >= 15 is 0 Å². The summed E-state index contributed by atoms with van der Waals surface area (Å²) in [6.07, 6.45) is 26.5. The summed E-state index contributed by atoms with van der Waals surface area (Å²) >= 11 is 0. The summed E-state index contributed by atoms with van der Waals surface area (Å²) < 4.78 is 28.7. The van der Waals surface area contributed by atoms with Crippen LogP contribution in [0.2, 0.25) is 0 Å². The highest BCUT2D eigenvalue weighted by molar-refractivity contribution is 5.66. The third-order valence-electron chi connectivity index (χ3n) is 7.97. The van der Waals surface area contributed by atoms with E-state index in [1.54, 1.807) is 0 Å². The van der Waals surface area contributed by atoms with Gasteiger partial charge in [0.15, 0.2) is 0 Å². The molecule has 0 aromatic heterocycles. The average Bonchev–Trinajstić information content (AvgIpc) is 3.03. The van der Waals surface area contributed by atoms with Gasteiger partial charge in [0.2, 0.25) is 0 Å². The number of hydrogen-bond acceptors (Lipinski definition) is 7. The molecule has 0 bridgehead atoms. The SMILES string of the molecule is C=C(O)CCCCCCCOCC(CCCCCCCCC(=O)O)CCCCOCCOCCOCCOCC1=CCCC=C1. The van der Waals surface area contributed by atoms with Gasteiger partial charge in [-0.15, -0.1) is 0 Å². The fourth-order valence-electron chi connectivity index (χ4n) is 5.30. The molecule has 1 aliphatic rings. The second kappa shape index (κ2) is 32.2. The van der Waals surface area contributed by atoms with E-state index in [2.05, 4.69) is 24.8 Å². The minimum atomic E-state index is -0.691. The summed E-state index contributed by atoms with van der Waals surface area (Å²) in [7, 11) is 0. The highest BCUT2D eigenvalue weighted by Gasteiger charge is 2.09. The van der Waals surface area contributed by atoms with Crippen molar-refractivity contribution in [3.8, 4) is 0 Å². The zero-order chi connectivity index (χ0) is 32.5. The lowest BCUT2D eigenvalue weighted by molar-refractivity contribution is -0.137. The molecule has 0 amide bonds. The Morgan fingerprint density at radius 2 is 1.13 bits per heavy atom. The number of carboxylic acid groups (broad SMARTS) is 1. The van der Waals surface area contributed by atoms with E-state index in [0.29, 0.717) is 64.3 Å². The molecule has 1 atom stereocenters. The normalized spacial score (nSPS) is 13.6. The van der Waals surface area contributed by atoms with Crippen LogP contribution in [0, 0.1) is 5.92 Å². The van der Waals surface area contributed by atoms with Gasteiger partial charge in [-0.05, 0) is 62.9 Å². The first-order valence-electron chi connectivity index (χ1n) is 17.9. The number of rotatable bonds is 35. The molecule has 1 unspecified atom stereocenters. The number of aliphatic hydroxyl groups excluding tert-OH is 1. The number of aliphatic hydroxyl groups is 1. The van der Waals surface area contributed by atoms with Crippen molar-refractivity contribution in [3.63, 3.8) is 0 Å². The predicted molar refractivity (Wildman–Crippen MR) is 182 cm³/mol. The Kier molecular flexibility index (Phi) is 29.6. The van der Waals surface area contributed by atoms with E-state index in [9.17, 15) is 9.90 Å². The number of hydrogen-bond donors (Lipinski definition) is 2. The summed E-state index contributed by atoms with van der Waals surface area (Å²) in [6.45, 7) is 10.1. The molecule has 0 aromatic carbocycles. The fourth-order valence-corrected chi connectivity index (χ4v) is 5.30. The van der Waals surface area contributed by atoms with Crippen LogP contribution in [0.5, 0.6) is 0 Å². The van der Waals surface area contributed by atoms with Crippen molar-refractivity contribution in [1.29, 1.82) is 0 Å². The van der Waals surface area contributed by atoms with E-state index in [0.717, 1.165) is 84.0 Å². The number of unbranched alkanes of at least 4 members (excludes halogenated alkanes) is 10. The summed E-state index contributed by atoms with van der Waals surface area (Å²) in [4.78, 5) is 10.6. The number of aliphatic carboxylic acids is 1. The summed E-state index contributed by atoms with van der Waals surface area (Å²) in [6, 6.07) is 0. The number of carbonyl (C=O) groups is 1. The van der Waals surface area contributed by atoms with Crippen LogP contribution in [-0.4, -0.2) is 82.3 Å². The molecule has 0 saturated carbocycles. The molecule has 0 fully saturated rings. The van der Waals surface area contributed by atoms with Gasteiger partial charge in [0.05, 0.1) is 52.0 Å². The number of ether oxygens (including phenoxy) is 5. The third-order valence-corrected chi connectivity index (χ3v) is 7.97.